The van der Waals surface area contributed by atoms with Gasteiger partial charge in [-0.25, -0.2) is 4.68 Å². The Labute approximate surface area is 218 Å². The normalized spacial score (nSPS) is 16.1. The summed E-state index contributed by atoms with van der Waals surface area (Å²) in [6.45, 7) is 18.7. The van der Waals surface area contributed by atoms with Crippen LogP contribution in [0, 0.1) is 5.92 Å². The molecule has 10 nitrogen and oxygen atoms in total. The molecule has 202 valence electrons. The number of hydrogen-bond acceptors (Lipinski definition) is 8. The number of tetrazole rings is 1. The first kappa shape index (κ1) is 27.2. The Morgan fingerprint density at radius 3 is 2.62 bits per heavy atom. The third kappa shape index (κ3) is 6.55. The van der Waals surface area contributed by atoms with Crippen LogP contribution in [0.2, 0.25) is 0 Å². The molecule has 3 aromatic rings. The number of rotatable bonds is 10. The van der Waals surface area contributed by atoms with Crippen molar-refractivity contribution in [1.29, 1.82) is 0 Å². The van der Waals surface area contributed by atoms with Crippen LogP contribution >= 0.6 is 0 Å². The maximum Gasteiger partial charge on any atom is 0.252 e. The van der Waals surface area contributed by atoms with Gasteiger partial charge in [-0.15, -0.1) is 5.10 Å². The third-order valence-corrected chi connectivity index (χ3v) is 6.80. The van der Waals surface area contributed by atoms with Crippen molar-refractivity contribution in [2.45, 2.75) is 59.7 Å². The molecule has 4 rings (SSSR count). The van der Waals surface area contributed by atoms with Gasteiger partial charge in [0.2, 0.25) is 0 Å². The van der Waals surface area contributed by atoms with Crippen LogP contribution < -0.4 is 10.3 Å². The molecular weight excluding hydrogens is 470 g/mol. The first-order valence-corrected chi connectivity index (χ1v) is 13.3. The zero-order chi connectivity index (χ0) is 26.6. The highest BCUT2D eigenvalue weighted by Gasteiger charge is 2.33. The second kappa shape index (κ2) is 11.7. The summed E-state index contributed by atoms with van der Waals surface area (Å²) in [5.41, 5.74) is 1.17. The summed E-state index contributed by atoms with van der Waals surface area (Å²) < 4.78 is 13.1. The molecular formula is C27H41N7O3. The topological polar surface area (TPSA) is 101 Å². The van der Waals surface area contributed by atoms with Crippen molar-refractivity contribution in [2.75, 3.05) is 46.0 Å². The van der Waals surface area contributed by atoms with E-state index in [2.05, 4.69) is 64.9 Å². The maximum atomic E-state index is 13.2. The van der Waals surface area contributed by atoms with Gasteiger partial charge in [0.05, 0.1) is 31.4 Å². The number of aromatic nitrogens is 5. The minimum absolute atomic E-state index is 0.0693. The molecule has 37 heavy (non-hydrogen) atoms. The van der Waals surface area contributed by atoms with Crippen molar-refractivity contribution in [3.63, 3.8) is 0 Å². The van der Waals surface area contributed by atoms with Gasteiger partial charge in [0.1, 0.15) is 5.75 Å². The average molecular weight is 512 g/mol. The first-order valence-electron chi connectivity index (χ1n) is 13.3. The highest BCUT2D eigenvalue weighted by molar-refractivity contribution is 5.80. The van der Waals surface area contributed by atoms with Crippen molar-refractivity contribution in [3.8, 4) is 5.75 Å². The van der Waals surface area contributed by atoms with Crippen LogP contribution in [-0.4, -0.2) is 81.0 Å². The second-order valence-corrected chi connectivity index (χ2v) is 11.0. The Morgan fingerprint density at radius 2 is 1.95 bits per heavy atom. The number of fused-ring (bicyclic) bond motifs is 1. The predicted molar refractivity (Wildman–Crippen MR) is 144 cm³/mol. The summed E-state index contributed by atoms with van der Waals surface area (Å²) in [5.74, 6) is 1.84. The molecule has 0 bridgehead atoms. The lowest BCUT2D eigenvalue weighted by atomic mass is 9.99. The molecule has 1 aliphatic heterocycles. The quantitative estimate of drug-likeness (QED) is 0.443. The number of pyridine rings is 1. The van der Waals surface area contributed by atoms with Crippen LogP contribution in [0.15, 0.2) is 29.1 Å². The molecule has 0 aliphatic carbocycles. The number of nitrogens with zero attached hydrogens (tertiary/aromatic N) is 6. The van der Waals surface area contributed by atoms with Crippen LogP contribution in [0.25, 0.3) is 10.9 Å². The summed E-state index contributed by atoms with van der Waals surface area (Å²) in [7, 11) is 0. The molecule has 1 fully saturated rings. The van der Waals surface area contributed by atoms with Gasteiger partial charge >= 0.3 is 0 Å². The van der Waals surface area contributed by atoms with E-state index < -0.39 is 0 Å². The number of morpholine rings is 1. The van der Waals surface area contributed by atoms with Crippen molar-refractivity contribution in [1.82, 2.24) is 35.0 Å². The lowest BCUT2D eigenvalue weighted by molar-refractivity contribution is 0.0265. The van der Waals surface area contributed by atoms with E-state index in [0.717, 1.165) is 61.9 Å². The van der Waals surface area contributed by atoms with Gasteiger partial charge in [0, 0.05) is 49.2 Å². The summed E-state index contributed by atoms with van der Waals surface area (Å²) in [6, 6.07) is 7.69. The predicted octanol–water partition coefficient (Wildman–Crippen LogP) is 3.20. The summed E-state index contributed by atoms with van der Waals surface area (Å²) in [5, 5.41) is 13.8. The number of hydrogen-bond donors (Lipinski definition) is 1. The number of aromatic amines is 1. The number of benzene rings is 1. The molecule has 1 saturated heterocycles. The van der Waals surface area contributed by atoms with Crippen molar-refractivity contribution >= 4 is 10.9 Å². The Bertz CT molecular complexity index is 1220. The van der Waals surface area contributed by atoms with Gasteiger partial charge in [0.25, 0.3) is 5.56 Å². The SMILES string of the molecule is CCOc1ccc2[nH]c(=O)c(CN(CCN3CCOCC3)C(c3nnnn3C(C)(C)C)C(C)C)cc2c1. The van der Waals surface area contributed by atoms with E-state index in [1.807, 2.05) is 35.9 Å². The van der Waals surface area contributed by atoms with Crippen LogP contribution in [0.3, 0.4) is 0 Å². The smallest absolute Gasteiger partial charge is 0.252 e. The molecule has 3 heterocycles. The van der Waals surface area contributed by atoms with Gasteiger partial charge in [-0.05, 0) is 68.3 Å². The van der Waals surface area contributed by atoms with E-state index in [1.165, 1.54) is 0 Å². The van der Waals surface area contributed by atoms with Crippen LogP contribution in [0.1, 0.15) is 59.0 Å². The molecule has 1 atom stereocenters. The zero-order valence-electron chi connectivity index (χ0n) is 23.0. The number of H-pyrrole nitrogens is 1. The first-order chi connectivity index (χ1) is 17.7. The second-order valence-electron chi connectivity index (χ2n) is 11.0. The molecule has 1 aromatic carbocycles. The standard InChI is InChI=1S/C27H41N7O3/c1-7-37-22-8-9-23-20(17-22)16-21(26(35)28-23)18-33(11-10-32-12-14-36-15-13-32)24(19(2)3)25-29-30-31-34(25)27(4,5)6/h8-9,16-17,19,24H,7,10-15,18H2,1-6H3,(H,28,35). The third-order valence-electron chi connectivity index (χ3n) is 6.80. The monoisotopic (exact) mass is 511 g/mol. The van der Waals surface area contributed by atoms with Gasteiger partial charge in [-0.1, -0.05) is 13.8 Å². The molecule has 0 amide bonds. The molecule has 10 heteroatoms. The zero-order valence-corrected chi connectivity index (χ0v) is 23.0. The Balaban J connectivity index is 1.71. The molecule has 1 unspecified atom stereocenters. The number of nitrogens with one attached hydrogen (secondary N) is 1. The number of ether oxygens (including phenoxy) is 2. The van der Waals surface area contributed by atoms with E-state index in [1.54, 1.807) is 0 Å². The highest BCUT2D eigenvalue weighted by Crippen LogP contribution is 2.31. The summed E-state index contributed by atoms with van der Waals surface area (Å²) >= 11 is 0. The van der Waals surface area contributed by atoms with Crippen LogP contribution in [0.5, 0.6) is 5.75 Å². The van der Waals surface area contributed by atoms with E-state index in [0.29, 0.717) is 18.7 Å². The summed E-state index contributed by atoms with van der Waals surface area (Å²) in [6.07, 6.45) is 0. The minimum Gasteiger partial charge on any atom is -0.494 e. The Morgan fingerprint density at radius 1 is 1.19 bits per heavy atom. The average Bonchev–Trinajstić information content (AvgIpc) is 3.34. The highest BCUT2D eigenvalue weighted by atomic mass is 16.5. The minimum atomic E-state index is -0.266. The molecule has 2 aromatic heterocycles. The van der Waals surface area contributed by atoms with Gasteiger partial charge in [0.15, 0.2) is 5.82 Å². The Kier molecular flexibility index (Phi) is 8.61. The van der Waals surface area contributed by atoms with E-state index in [9.17, 15) is 4.79 Å². The Hall–Kier alpha value is -2.82. The van der Waals surface area contributed by atoms with Crippen molar-refractivity contribution in [2.24, 2.45) is 5.92 Å². The fraction of sp³-hybridized carbons (Fsp3) is 0.630. The lowest BCUT2D eigenvalue weighted by Gasteiger charge is -2.37. The van der Waals surface area contributed by atoms with Crippen molar-refractivity contribution in [3.05, 3.63) is 46.0 Å². The van der Waals surface area contributed by atoms with E-state index in [-0.39, 0.29) is 23.1 Å². The van der Waals surface area contributed by atoms with E-state index in [4.69, 9.17) is 9.47 Å². The van der Waals surface area contributed by atoms with Crippen LogP contribution in [0.4, 0.5) is 0 Å². The van der Waals surface area contributed by atoms with Gasteiger partial charge in [-0.2, -0.15) is 0 Å². The summed E-state index contributed by atoms with van der Waals surface area (Å²) in [4.78, 5) is 21.0. The molecule has 0 saturated carbocycles. The van der Waals surface area contributed by atoms with Crippen LogP contribution in [-0.2, 0) is 16.8 Å². The fourth-order valence-electron chi connectivity index (χ4n) is 4.97. The lowest BCUT2D eigenvalue weighted by Crippen LogP contribution is -2.44. The van der Waals surface area contributed by atoms with Gasteiger partial charge in [-0.3, -0.25) is 14.6 Å². The maximum absolute atomic E-state index is 13.2. The molecule has 0 radical (unpaired) electrons. The van der Waals surface area contributed by atoms with Gasteiger partial charge < -0.3 is 14.5 Å². The molecule has 1 aliphatic rings. The van der Waals surface area contributed by atoms with Crippen molar-refractivity contribution < 1.29 is 9.47 Å². The van der Waals surface area contributed by atoms with E-state index >= 15 is 0 Å². The molecule has 1 N–H and O–H groups in total. The fourth-order valence-corrected chi connectivity index (χ4v) is 4.97. The largest absolute Gasteiger partial charge is 0.494 e. The molecule has 0 spiro atoms.